The van der Waals surface area contributed by atoms with Crippen molar-refractivity contribution in [3.8, 4) is 17.5 Å². The van der Waals surface area contributed by atoms with Crippen molar-refractivity contribution < 1.29 is 0 Å². The molecule has 3 aromatic rings. The number of aryl methyl sites for hydroxylation is 2. The summed E-state index contributed by atoms with van der Waals surface area (Å²) in [6.45, 7) is 2.01. The Kier molecular flexibility index (Phi) is 2.39. The lowest BCUT2D eigenvalue weighted by Crippen LogP contribution is -1.96. The van der Waals surface area contributed by atoms with Gasteiger partial charge in [-0.05, 0) is 19.1 Å². The molecule has 0 aliphatic rings. The SMILES string of the molecule is Cc1c(-c2nc3c(C#N)cccc3n2C)cnn1C. The van der Waals surface area contributed by atoms with Gasteiger partial charge in [-0.3, -0.25) is 4.68 Å². The standard InChI is InChI=1S/C14H13N5/c1-9-11(8-16-19(9)3)14-17-13-10(7-15)5-4-6-12(13)18(14)2/h4-6,8H,1-3H3. The molecule has 0 bridgehead atoms. The van der Waals surface area contributed by atoms with Crippen LogP contribution in [0.4, 0.5) is 0 Å². The fourth-order valence-corrected chi connectivity index (χ4v) is 2.26. The van der Waals surface area contributed by atoms with Gasteiger partial charge in [0.2, 0.25) is 0 Å². The molecule has 0 N–H and O–H groups in total. The molecule has 94 valence electrons. The van der Waals surface area contributed by atoms with Gasteiger partial charge in [-0.1, -0.05) is 6.07 Å². The molecule has 0 amide bonds. The number of imidazole rings is 1. The summed E-state index contributed by atoms with van der Waals surface area (Å²) in [7, 11) is 3.86. The van der Waals surface area contributed by atoms with E-state index in [9.17, 15) is 0 Å². The van der Waals surface area contributed by atoms with Gasteiger partial charge in [0.05, 0.1) is 22.8 Å². The number of aromatic nitrogens is 4. The second-order valence-electron chi connectivity index (χ2n) is 4.55. The summed E-state index contributed by atoms with van der Waals surface area (Å²) in [5.41, 5.74) is 4.34. The van der Waals surface area contributed by atoms with Crippen LogP contribution in [0.25, 0.3) is 22.4 Å². The molecule has 0 aliphatic carbocycles. The topological polar surface area (TPSA) is 59.4 Å². The first-order chi connectivity index (χ1) is 9.13. The molecule has 2 heterocycles. The van der Waals surface area contributed by atoms with E-state index < -0.39 is 0 Å². The second-order valence-corrected chi connectivity index (χ2v) is 4.55. The van der Waals surface area contributed by atoms with Gasteiger partial charge in [-0.25, -0.2) is 4.98 Å². The van der Waals surface area contributed by atoms with E-state index in [-0.39, 0.29) is 0 Å². The number of nitriles is 1. The van der Waals surface area contributed by atoms with Crippen LogP contribution < -0.4 is 0 Å². The number of hydrogen-bond donors (Lipinski definition) is 0. The Balaban J connectivity index is 2.35. The summed E-state index contributed by atoms with van der Waals surface area (Å²) >= 11 is 0. The van der Waals surface area contributed by atoms with Crippen molar-refractivity contribution in [2.75, 3.05) is 0 Å². The van der Waals surface area contributed by atoms with E-state index in [0.29, 0.717) is 5.56 Å². The first-order valence-electron chi connectivity index (χ1n) is 5.98. The number of nitrogens with zero attached hydrogens (tertiary/aromatic N) is 5. The number of benzene rings is 1. The van der Waals surface area contributed by atoms with Crippen LogP contribution >= 0.6 is 0 Å². The van der Waals surface area contributed by atoms with Crippen LogP contribution in [0.2, 0.25) is 0 Å². The predicted molar refractivity (Wildman–Crippen MR) is 72.4 cm³/mol. The molecule has 1 aromatic carbocycles. The summed E-state index contributed by atoms with van der Waals surface area (Å²) in [4.78, 5) is 4.61. The second kappa shape index (κ2) is 3.95. The molecule has 0 spiro atoms. The molecule has 5 nitrogen and oxygen atoms in total. The van der Waals surface area contributed by atoms with Gasteiger partial charge in [0.1, 0.15) is 17.4 Å². The summed E-state index contributed by atoms with van der Waals surface area (Å²) < 4.78 is 3.82. The lowest BCUT2D eigenvalue weighted by atomic mass is 10.2. The molecular formula is C14H13N5. The Morgan fingerprint density at radius 3 is 2.68 bits per heavy atom. The zero-order chi connectivity index (χ0) is 13.6. The van der Waals surface area contributed by atoms with Crippen molar-refractivity contribution in [2.24, 2.45) is 14.1 Å². The first-order valence-corrected chi connectivity index (χ1v) is 5.98. The summed E-state index contributed by atoms with van der Waals surface area (Å²) in [5.74, 6) is 0.836. The molecule has 3 rings (SSSR count). The largest absolute Gasteiger partial charge is 0.327 e. The summed E-state index contributed by atoms with van der Waals surface area (Å²) in [6, 6.07) is 7.82. The Bertz CT molecular complexity index is 816. The Hall–Kier alpha value is -2.61. The highest BCUT2D eigenvalue weighted by molar-refractivity contribution is 5.85. The average molecular weight is 251 g/mol. The van der Waals surface area contributed by atoms with E-state index in [4.69, 9.17) is 5.26 Å². The molecule has 2 aromatic heterocycles. The lowest BCUT2D eigenvalue weighted by Gasteiger charge is -2.01. The average Bonchev–Trinajstić information content (AvgIpc) is 2.92. The molecular weight excluding hydrogens is 238 g/mol. The zero-order valence-electron chi connectivity index (χ0n) is 11.0. The Labute approximate surface area is 110 Å². The number of fused-ring (bicyclic) bond motifs is 1. The maximum atomic E-state index is 9.15. The predicted octanol–water partition coefficient (Wildman–Crippen LogP) is 2.15. The number of para-hydroxylation sites is 1. The number of rotatable bonds is 1. The number of hydrogen-bond acceptors (Lipinski definition) is 3. The minimum absolute atomic E-state index is 0.598. The van der Waals surface area contributed by atoms with E-state index in [1.54, 1.807) is 6.07 Å². The molecule has 0 atom stereocenters. The highest BCUT2D eigenvalue weighted by atomic mass is 15.3. The molecule has 0 saturated heterocycles. The van der Waals surface area contributed by atoms with E-state index >= 15 is 0 Å². The van der Waals surface area contributed by atoms with Crippen molar-refractivity contribution in [2.45, 2.75) is 6.92 Å². The van der Waals surface area contributed by atoms with Crippen molar-refractivity contribution in [1.29, 1.82) is 5.26 Å². The summed E-state index contributed by atoms with van der Waals surface area (Å²) in [5, 5.41) is 13.4. The maximum absolute atomic E-state index is 9.15. The lowest BCUT2D eigenvalue weighted by molar-refractivity contribution is 0.740. The third-order valence-corrected chi connectivity index (χ3v) is 3.51. The third-order valence-electron chi connectivity index (χ3n) is 3.51. The highest BCUT2D eigenvalue weighted by Gasteiger charge is 2.16. The van der Waals surface area contributed by atoms with E-state index in [1.165, 1.54) is 0 Å². The van der Waals surface area contributed by atoms with Crippen LogP contribution in [0.1, 0.15) is 11.3 Å². The zero-order valence-corrected chi connectivity index (χ0v) is 11.0. The Morgan fingerprint density at radius 1 is 1.26 bits per heavy atom. The third kappa shape index (κ3) is 1.54. The molecule has 0 fully saturated rings. The van der Waals surface area contributed by atoms with E-state index in [1.807, 2.05) is 48.6 Å². The van der Waals surface area contributed by atoms with Gasteiger partial charge in [-0.15, -0.1) is 0 Å². The fraction of sp³-hybridized carbons (Fsp3) is 0.214. The van der Waals surface area contributed by atoms with Gasteiger partial charge in [0.25, 0.3) is 0 Å². The normalized spacial score (nSPS) is 10.8. The van der Waals surface area contributed by atoms with Crippen LogP contribution in [0, 0.1) is 18.3 Å². The van der Waals surface area contributed by atoms with Crippen LogP contribution in [0.15, 0.2) is 24.4 Å². The maximum Gasteiger partial charge on any atom is 0.144 e. The summed E-state index contributed by atoms with van der Waals surface area (Å²) in [6.07, 6.45) is 1.81. The van der Waals surface area contributed by atoms with Gasteiger partial charge < -0.3 is 4.57 Å². The van der Waals surface area contributed by atoms with Crippen LogP contribution in [0.5, 0.6) is 0 Å². The molecule has 0 unspecified atom stereocenters. The van der Waals surface area contributed by atoms with Crippen molar-refractivity contribution in [3.05, 3.63) is 35.7 Å². The van der Waals surface area contributed by atoms with Gasteiger partial charge in [0, 0.05) is 19.8 Å². The smallest absolute Gasteiger partial charge is 0.144 e. The van der Waals surface area contributed by atoms with E-state index in [0.717, 1.165) is 28.1 Å². The minimum atomic E-state index is 0.598. The highest BCUT2D eigenvalue weighted by Crippen LogP contribution is 2.27. The van der Waals surface area contributed by atoms with Crippen LogP contribution in [-0.2, 0) is 14.1 Å². The molecule has 19 heavy (non-hydrogen) atoms. The molecule has 0 radical (unpaired) electrons. The van der Waals surface area contributed by atoms with Crippen LogP contribution in [0.3, 0.4) is 0 Å². The van der Waals surface area contributed by atoms with Gasteiger partial charge in [-0.2, -0.15) is 10.4 Å². The first kappa shape index (κ1) is 11.5. The van der Waals surface area contributed by atoms with E-state index in [2.05, 4.69) is 16.2 Å². The van der Waals surface area contributed by atoms with Crippen LogP contribution in [-0.4, -0.2) is 19.3 Å². The molecule has 0 saturated carbocycles. The molecule has 0 aliphatic heterocycles. The van der Waals surface area contributed by atoms with Gasteiger partial charge >= 0.3 is 0 Å². The monoisotopic (exact) mass is 251 g/mol. The molecule has 5 heteroatoms. The van der Waals surface area contributed by atoms with Crippen molar-refractivity contribution in [3.63, 3.8) is 0 Å². The van der Waals surface area contributed by atoms with Crippen molar-refractivity contribution >= 4 is 11.0 Å². The van der Waals surface area contributed by atoms with Gasteiger partial charge in [0.15, 0.2) is 0 Å². The quantitative estimate of drug-likeness (QED) is 0.665. The fourth-order valence-electron chi connectivity index (χ4n) is 2.26. The van der Waals surface area contributed by atoms with Crippen molar-refractivity contribution in [1.82, 2.24) is 19.3 Å². The Morgan fingerprint density at radius 2 is 2.05 bits per heavy atom. The minimum Gasteiger partial charge on any atom is -0.327 e.